The van der Waals surface area contributed by atoms with Crippen molar-refractivity contribution < 1.29 is 9.59 Å². The number of aryl methyl sites for hydroxylation is 2. The Morgan fingerprint density at radius 3 is 1.67 bits per heavy atom. The highest BCUT2D eigenvalue weighted by atomic mass is 16.2. The predicted molar refractivity (Wildman–Crippen MR) is 95.8 cm³/mol. The lowest BCUT2D eigenvalue weighted by Crippen LogP contribution is -1.99. The van der Waals surface area contributed by atoms with E-state index in [2.05, 4.69) is 24.3 Å². The summed E-state index contributed by atoms with van der Waals surface area (Å²) in [5.74, 6) is 0.0711. The normalized spacial score (nSPS) is 14.5. The van der Waals surface area contributed by atoms with Crippen LogP contribution in [0.4, 0.5) is 0 Å². The van der Waals surface area contributed by atoms with Gasteiger partial charge in [-0.15, -0.1) is 0 Å². The molecule has 0 heterocycles. The zero-order chi connectivity index (χ0) is 16.8. The number of Topliss-reactive ketones (excluding diaryl/α,β-unsaturated/α-hetero) is 2. The third kappa shape index (κ3) is 4.08. The topological polar surface area (TPSA) is 34.1 Å². The monoisotopic (exact) mass is 318 g/mol. The van der Waals surface area contributed by atoms with Crippen LogP contribution >= 0.6 is 0 Å². The quantitative estimate of drug-likeness (QED) is 0.705. The van der Waals surface area contributed by atoms with E-state index in [9.17, 15) is 9.59 Å². The second-order valence-corrected chi connectivity index (χ2v) is 6.30. The lowest BCUT2D eigenvalue weighted by molar-refractivity contribution is -0.121. The van der Waals surface area contributed by atoms with Crippen molar-refractivity contribution in [3.05, 3.63) is 82.9 Å². The molecule has 1 aliphatic rings. The van der Waals surface area contributed by atoms with E-state index in [4.69, 9.17) is 0 Å². The molecule has 0 saturated heterocycles. The molecule has 24 heavy (non-hydrogen) atoms. The molecular weight excluding hydrogens is 296 g/mol. The standard InChI is InChI=1S/C22H22O2/c23-21-16-22(24)20(15-14-18-10-5-2-6-11-18)19(21)13-7-12-17-8-3-1-4-9-17/h1-6,8-11H,7,12-16H2. The van der Waals surface area contributed by atoms with Crippen molar-refractivity contribution >= 4 is 11.6 Å². The summed E-state index contributed by atoms with van der Waals surface area (Å²) in [6.07, 6.45) is 4.13. The van der Waals surface area contributed by atoms with E-state index in [0.29, 0.717) is 12.8 Å². The van der Waals surface area contributed by atoms with Crippen LogP contribution in [0, 0.1) is 0 Å². The number of carbonyl (C=O) groups excluding carboxylic acids is 2. The average Bonchev–Trinajstić information content (AvgIpc) is 2.88. The number of benzene rings is 2. The van der Waals surface area contributed by atoms with Crippen LogP contribution in [0.2, 0.25) is 0 Å². The molecule has 0 atom stereocenters. The molecule has 0 radical (unpaired) electrons. The van der Waals surface area contributed by atoms with Gasteiger partial charge in [0.2, 0.25) is 0 Å². The first-order chi connectivity index (χ1) is 11.7. The summed E-state index contributed by atoms with van der Waals surface area (Å²) in [6.45, 7) is 0. The van der Waals surface area contributed by atoms with Gasteiger partial charge in [-0.25, -0.2) is 0 Å². The van der Waals surface area contributed by atoms with Gasteiger partial charge in [0.15, 0.2) is 11.6 Å². The summed E-state index contributed by atoms with van der Waals surface area (Å²) >= 11 is 0. The van der Waals surface area contributed by atoms with Crippen molar-refractivity contribution in [2.24, 2.45) is 0 Å². The molecule has 2 aromatic carbocycles. The van der Waals surface area contributed by atoms with Crippen molar-refractivity contribution in [3.8, 4) is 0 Å². The molecule has 2 aromatic rings. The first-order valence-corrected chi connectivity index (χ1v) is 8.60. The van der Waals surface area contributed by atoms with Crippen LogP contribution in [0.15, 0.2) is 71.8 Å². The molecular formula is C22H22O2. The third-order valence-electron chi connectivity index (χ3n) is 4.60. The number of ketones is 2. The Hall–Kier alpha value is -2.48. The lowest BCUT2D eigenvalue weighted by atomic mass is 9.97. The van der Waals surface area contributed by atoms with E-state index < -0.39 is 0 Å². The Bertz CT molecular complexity index is 742. The molecule has 0 unspecified atom stereocenters. The van der Waals surface area contributed by atoms with Crippen LogP contribution in [0.25, 0.3) is 0 Å². The maximum absolute atomic E-state index is 12.2. The number of rotatable bonds is 7. The van der Waals surface area contributed by atoms with Gasteiger partial charge in [0.1, 0.15) is 0 Å². The fraction of sp³-hybridized carbons (Fsp3) is 0.273. The van der Waals surface area contributed by atoms with Crippen LogP contribution in [-0.2, 0) is 22.4 Å². The molecule has 0 aliphatic heterocycles. The molecule has 2 nitrogen and oxygen atoms in total. The second-order valence-electron chi connectivity index (χ2n) is 6.30. The molecule has 1 aliphatic carbocycles. The highest BCUT2D eigenvalue weighted by Crippen LogP contribution is 2.28. The van der Waals surface area contributed by atoms with Crippen LogP contribution in [0.5, 0.6) is 0 Å². The lowest BCUT2D eigenvalue weighted by Gasteiger charge is -2.06. The summed E-state index contributed by atoms with van der Waals surface area (Å²) in [5, 5.41) is 0. The number of hydrogen-bond acceptors (Lipinski definition) is 2. The molecule has 0 bridgehead atoms. The SMILES string of the molecule is O=C1CC(=O)C(CCc2ccccc2)=C1CCCc1ccccc1. The minimum Gasteiger partial charge on any atom is -0.294 e. The van der Waals surface area contributed by atoms with Crippen LogP contribution in [-0.4, -0.2) is 11.6 Å². The summed E-state index contributed by atoms with van der Waals surface area (Å²) < 4.78 is 0. The fourth-order valence-corrected chi connectivity index (χ4v) is 3.30. The van der Waals surface area contributed by atoms with Gasteiger partial charge in [0, 0.05) is 11.1 Å². The molecule has 2 heteroatoms. The Labute approximate surface area is 143 Å². The molecule has 0 aromatic heterocycles. The summed E-state index contributed by atoms with van der Waals surface area (Å²) in [4.78, 5) is 24.3. The number of carbonyl (C=O) groups is 2. The zero-order valence-corrected chi connectivity index (χ0v) is 13.8. The van der Waals surface area contributed by atoms with Gasteiger partial charge in [0.05, 0.1) is 6.42 Å². The van der Waals surface area contributed by atoms with E-state index >= 15 is 0 Å². The first kappa shape index (κ1) is 16.4. The van der Waals surface area contributed by atoms with Crippen molar-refractivity contribution in [2.45, 2.75) is 38.5 Å². The van der Waals surface area contributed by atoms with E-state index in [-0.39, 0.29) is 18.0 Å². The smallest absolute Gasteiger partial charge is 0.166 e. The van der Waals surface area contributed by atoms with E-state index in [0.717, 1.165) is 30.4 Å². The maximum Gasteiger partial charge on any atom is 0.166 e. The molecule has 3 rings (SSSR count). The highest BCUT2D eigenvalue weighted by molar-refractivity contribution is 6.22. The van der Waals surface area contributed by atoms with Crippen molar-refractivity contribution in [3.63, 3.8) is 0 Å². The Morgan fingerprint density at radius 2 is 1.08 bits per heavy atom. The van der Waals surface area contributed by atoms with Crippen molar-refractivity contribution in [1.82, 2.24) is 0 Å². The van der Waals surface area contributed by atoms with Crippen LogP contribution in [0.1, 0.15) is 36.8 Å². The molecule has 122 valence electrons. The van der Waals surface area contributed by atoms with E-state index in [1.165, 1.54) is 11.1 Å². The summed E-state index contributed by atoms with van der Waals surface area (Å²) in [7, 11) is 0. The van der Waals surface area contributed by atoms with E-state index in [1.807, 2.05) is 36.4 Å². The number of allylic oxidation sites excluding steroid dienone is 2. The fourth-order valence-electron chi connectivity index (χ4n) is 3.30. The van der Waals surface area contributed by atoms with E-state index in [1.54, 1.807) is 0 Å². The molecule has 0 N–H and O–H groups in total. The van der Waals surface area contributed by atoms with Gasteiger partial charge >= 0.3 is 0 Å². The van der Waals surface area contributed by atoms with Gasteiger partial charge < -0.3 is 0 Å². The summed E-state index contributed by atoms with van der Waals surface area (Å²) in [5.41, 5.74) is 4.05. The minimum atomic E-state index is 0.0330. The van der Waals surface area contributed by atoms with Gasteiger partial charge in [-0.1, -0.05) is 60.7 Å². The Kier molecular flexibility index (Phi) is 5.37. The molecule has 0 fully saturated rings. The molecule has 0 saturated carbocycles. The zero-order valence-electron chi connectivity index (χ0n) is 13.8. The highest BCUT2D eigenvalue weighted by Gasteiger charge is 2.29. The Balaban J connectivity index is 1.63. The van der Waals surface area contributed by atoms with Gasteiger partial charge in [0.25, 0.3) is 0 Å². The van der Waals surface area contributed by atoms with Crippen molar-refractivity contribution in [2.75, 3.05) is 0 Å². The summed E-state index contributed by atoms with van der Waals surface area (Å²) in [6, 6.07) is 20.4. The second kappa shape index (κ2) is 7.87. The molecule has 0 spiro atoms. The largest absolute Gasteiger partial charge is 0.294 e. The predicted octanol–water partition coefficient (Wildman–Crippen LogP) is 4.48. The van der Waals surface area contributed by atoms with Gasteiger partial charge in [-0.2, -0.15) is 0 Å². The van der Waals surface area contributed by atoms with Crippen LogP contribution < -0.4 is 0 Å². The maximum atomic E-state index is 12.2. The minimum absolute atomic E-state index is 0.0330. The number of hydrogen-bond donors (Lipinski definition) is 0. The third-order valence-corrected chi connectivity index (χ3v) is 4.60. The molecule has 0 amide bonds. The van der Waals surface area contributed by atoms with Gasteiger partial charge in [-0.05, 0) is 43.2 Å². The first-order valence-electron chi connectivity index (χ1n) is 8.60. The van der Waals surface area contributed by atoms with Crippen LogP contribution in [0.3, 0.4) is 0 Å². The van der Waals surface area contributed by atoms with Crippen molar-refractivity contribution in [1.29, 1.82) is 0 Å². The average molecular weight is 318 g/mol. The Morgan fingerprint density at radius 1 is 0.583 bits per heavy atom. The van der Waals surface area contributed by atoms with Gasteiger partial charge in [-0.3, -0.25) is 9.59 Å².